The van der Waals surface area contributed by atoms with Gasteiger partial charge in [-0.1, -0.05) is 0 Å². The summed E-state index contributed by atoms with van der Waals surface area (Å²) in [6.07, 6.45) is 6.83. The molecule has 3 heterocycles. The molecule has 17 heavy (non-hydrogen) atoms. The van der Waals surface area contributed by atoms with Gasteiger partial charge in [0.15, 0.2) is 0 Å². The minimum atomic E-state index is 0.581. The third-order valence-corrected chi connectivity index (χ3v) is 4.57. The zero-order valence-electron chi connectivity index (χ0n) is 9.80. The van der Waals surface area contributed by atoms with Crippen LogP contribution in [0.2, 0.25) is 0 Å². The van der Waals surface area contributed by atoms with Crippen LogP contribution >= 0.6 is 11.8 Å². The number of nitrogens with zero attached hydrogens (tertiary/aromatic N) is 2. The van der Waals surface area contributed by atoms with Crippen LogP contribution in [0, 0.1) is 0 Å². The second kappa shape index (κ2) is 4.70. The minimum Gasteiger partial charge on any atom is -0.326 e. The van der Waals surface area contributed by atoms with Crippen molar-refractivity contribution in [3.05, 3.63) is 35.8 Å². The van der Waals surface area contributed by atoms with Crippen molar-refractivity contribution in [1.29, 1.82) is 0 Å². The van der Waals surface area contributed by atoms with E-state index in [1.165, 1.54) is 30.0 Å². The molecule has 1 fully saturated rings. The SMILES string of the molecule is NCc1ccn2cc(C3CCCSC3)nc2c1. The molecule has 2 aromatic rings. The molecule has 3 rings (SSSR count). The summed E-state index contributed by atoms with van der Waals surface area (Å²) >= 11 is 2.05. The maximum Gasteiger partial charge on any atom is 0.137 e. The molecule has 3 nitrogen and oxygen atoms in total. The van der Waals surface area contributed by atoms with Gasteiger partial charge in [-0.3, -0.25) is 0 Å². The lowest BCUT2D eigenvalue weighted by molar-refractivity contribution is 0.647. The van der Waals surface area contributed by atoms with Crippen LogP contribution in [0.3, 0.4) is 0 Å². The number of pyridine rings is 1. The number of aromatic nitrogens is 2. The summed E-state index contributed by atoms with van der Waals surface area (Å²) in [5, 5.41) is 0. The van der Waals surface area contributed by atoms with Gasteiger partial charge in [-0.2, -0.15) is 11.8 Å². The summed E-state index contributed by atoms with van der Waals surface area (Å²) in [6.45, 7) is 0.581. The molecule has 0 spiro atoms. The lowest BCUT2D eigenvalue weighted by atomic mass is 10.0. The Kier molecular flexibility index (Phi) is 3.07. The summed E-state index contributed by atoms with van der Waals surface area (Å²) in [4.78, 5) is 4.74. The van der Waals surface area contributed by atoms with Crippen molar-refractivity contribution in [2.45, 2.75) is 25.3 Å². The van der Waals surface area contributed by atoms with Gasteiger partial charge in [0.05, 0.1) is 5.69 Å². The van der Waals surface area contributed by atoms with E-state index in [0.29, 0.717) is 12.5 Å². The second-order valence-electron chi connectivity index (χ2n) is 4.58. The highest BCUT2D eigenvalue weighted by Crippen LogP contribution is 2.30. The predicted octanol–water partition coefficient (Wildman–Crippen LogP) is 2.40. The van der Waals surface area contributed by atoms with Gasteiger partial charge >= 0.3 is 0 Å². The smallest absolute Gasteiger partial charge is 0.137 e. The molecule has 1 unspecified atom stereocenters. The minimum absolute atomic E-state index is 0.581. The molecule has 0 bridgehead atoms. The van der Waals surface area contributed by atoms with Gasteiger partial charge in [0.2, 0.25) is 0 Å². The van der Waals surface area contributed by atoms with Crippen LogP contribution in [0.15, 0.2) is 24.5 Å². The average molecular weight is 247 g/mol. The number of fused-ring (bicyclic) bond motifs is 1. The first kappa shape index (κ1) is 11.1. The standard InChI is InChI=1S/C13H17N3S/c14-7-10-3-4-16-8-12(15-13(16)6-10)11-2-1-5-17-9-11/h3-4,6,8,11H,1-2,5,7,9,14H2. The summed E-state index contributed by atoms with van der Waals surface area (Å²) in [7, 11) is 0. The Bertz CT molecular complexity index is 514. The molecule has 1 atom stereocenters. The van der Waals surface area contributed by atoms with Gasteiger partial charge in [0.25, 0.3) is 0 Å². The molecule has 2 aromatic heterocycles. The first-order chi connectivity index (χ1) is 8.36. The molecule has 0 aromatic carbocycles. The van der Waals surface area contributed by atoms with Crippen molar-refractivity contribution in [3.8, 4) is 0 Å². The highest BCUT2D eigenvalue weighted by atomic mass is 32.2. The van der Waals surface area contributed by atoms with Gasteiger partial charge in [0.1, 0.15) is 5.65 Å². The Labute approximate surface area is 105 Å². The molecular weight excluding hydrogens is 230 g/mol. The van der Waals surface area contributed by atoms with Crippen LogP contribution in [0.4, 0.5) is 0 Å². The van der Waals surface area contributed by atoms with Crippen molar-refractivity contribution in [1.82, 2.24) is 9.38 Å². The average Bonchev–Trinajstić information content (AvgIpc) is 2.82. The summed E-state index contributed by atoms with van der Waals surface area (Å²) in [5.41, 5.74) is 9.06. The quantitative estimate of drug-likeness (QED) is 0.886. The van der Waals surface area contributed by atoms with Crippen molar-refractivity contribution >= 4 is 17.4 Å². The molecule has 2 N–H and O–H groups in total. The van der Waals surface area contributed by atoms with E-state index in [0.717, 1.165) is 11.2 Å². The third-order valence-electron chi connectivity index (χ3n) is 3.36. The Morgan fingerprint density at radius 2 is 2.47 bits per heavy atom. The van der Waals surface area contributed by atoms with Gasteiger partial charge in [0, 0.05) is 30.6 Å². The molecule has 0 aliphatic carbocycles. The molecule has 0 amide bonds. The molecule has 0 radical (unpaired) electrons. The van der Waals surface area contributed by atoms with Crippen LogP contribution in [0.5, 0.6) is 0 Å². The van der Waals surface area contributed by atoms with Crippen molar-refractivity contribution in [2.75, 3.05) is 11.5 Å². The number of hydrogen-bond acceptors (Lipinski definition) is 3. The number of rotatable bonds is 2. The summed E-state index contributed by atoms with van der Waals surface area (Å²) in [6, 6.07) is 4.15. The van der Waals surface area contributed by atoms with E-state index in [4.69, 9.17) is 10.7 Å². The lowest BCUT2D eigenvalue weighted by Crippen LogP contribution is -2.08. The van der Waals surface area contributed by atoms with E-state index < -0.39 is 0 Å². The Morgan fingerprint density at radius 1 is 1.53 bits per heavy atom. The van der Waals surface area contributed by atoms with Gasteiger partial charge in [-0.15, -0.1) is 0 Å². The van der Waals surface area contributed by atoms with Crippen molar-refractivity contribution in [2.24, 2.45) is 5.73 Å². The van der Waals surface area contributed by atoms with Crippen molar-refractivity contribution in [3.63, 3.8) is 0 Å². The summed E-state index contributed by atoms with van der Waals surface area (Å²) < 4.78 is 2.10. The normalized spacial score (nSPS) is 20.9. The first-order valence-electron chi connectivity index (χ1n) is 6.12. The number of thioether (sulfide) groups is 1. The maximum atomic E-state index is 5.65. The zero-order valence-corrected chi connectivity index (χ0v) is 10.6. The van der Waals surface area contributed by atoms with Crippen LogP contribution in [0.25, 0.3) is 5.65 Å². The molecular formula is C13H17N3S. The fraction of sp³-hybridized carbons (Fsp3) is 0.462. The van der Waals surface area contributed by atoms with Gasteiger partial charge < -0.3 is 10.1 Å². The molecule has 4 heteroatoms. The number of hydrogen-bond donors (Lipinski definition) is 1. The highest BCUT2D eigenvalue weighted by Gasteiger charge is 2.18. The Morgan fingerprint density at radius 3 is 3.24 bits per heavy atom. The zero-order chi connectivity index (χ0) is 11.7. The fourth-order valence-corrected chi connectivity index (χ4v) is 3.50. The third kappa shape index (κ3) is 2.19. The monoisotopic (exact) mass is 247 g/mol. The summed E-state index contributed by atoms with van der Waals surface area (Å²) in [5.74, 6) is 3.16. The Balaban J connectivity index is 1.95. The van der Waals surface area contributed by atoms with Gasteiger partial charge in [-0.05, 0) is 36.3 Å². The van der Waals surface area contributed by atoms with Crippen LogP contribution in [0.1, 0.15) is 30.0 Å². The molecule has 90 valence electrons. The number of imidazole rings is 1. The predicted molar refractivity (Wildman–Crippen MR) is 72.4 cm³/mol. The largest absolute Gasteiger partial charge is 0.326 e. The first-order valence-corrected chi connectivity index (χ1v) is 7.27. The van der Waals surface area contributed by atoms with E-state index in [9.17, 15) is 0 Å². The van der Waals surface area contributed by atoms with E-state index in [2.05, 4.69) is 28.9 Å². The van der Waals surface area contributed by atoms with E-state index in [-0.39, 0.29) is 0 Å². The lowest BCUT2D eigenvalue weighted by Gasteiger charge is -2.18. The van der Waals surface area contributed by atoms with Crippen LogP contribution in [-0.4, -0.2) is 20.9 Å². The topological polar surface area (TPSA) is 43.3 Å². The highest BCUT2D eigenvalue weighted by molar-refractivity contribution is 7.99. The van der Waals surface area contributed by atoms with Gasteiger partial charge in [-0.25, -0.2) is 4.98 Å². The molecule has 0 saturated carbocycles. The number of nitrogens with two attached hydrogens (primary N) is 1. The van der Waals surface area contributed by atoms with E-state index in [1.807, 2.05) is 11.8 Å². The van der Waals surface area contributed by atoms with Crippen LogP contribution < -0.4 is 5.73 Å². The fourth-order valence-electron chi connectivity index (χ4n) is 2.34. The second-order valence-corrected chi connectivity index (χ2v) is 5.73. The Hall–Kier alpha value is -1.00. The van der Waals surface area contributed by atoms with Crippen molar-refractivity contribution < 1.29 is 0 Å². The van der Waals surface area contributed by atoms with E-state index in [1.54, 1.807) is 0 Å². The van der Waals surface area contributed by atoms with Crippen LogP contribution in [-0.2, 0) is 6.54 Å². The molecule has 1 aliphatic rings. The maximum absolute atomic E-state index is 5.65. The van der Waals surface area contributed by atoms with E-state index >= 15 is 0 Å². The molecule has 1 saturated heterocycles. The molecule has 1 aliphatic heterocycles.